The van der Waals surface area contributed by atoms with Crippen LogP contribution in [0, 0.1) is 11.8 Å². The van der Waals surface area contributed by atoms with Gasteiger partial charge < -0.3 is 25.0 Å². The summed E-state index contributed by atoms with van der Waals surface area (Å²) in [6.45, 7) is 10.0. The van der Waals surface area contributed by atoms with Crippen molar-refractivity contribution in [3.63, 3.8) is 0 Å². The highest BCUT2D eigenvalue weighted by Gasteiger charge is 2.37. The second-order valence-corrected chi connectivity index (χ2v) is 9.76. The fourth-order valence-electron chi connectivity index (χ4n) is 4.49. The number of cyclic esters (lactones) is 1. The number of hydrogen-bond donors (Lipinski definition) is 3. The van der Waals surface area contributed by atoms with Crippen LogP contribution in [-0.2, 0) is 14.3 Å². The van der Waals surface area contributed by atoms with Crippen molar-refractivity contribution in [2.45, 2.75) is 84.3 Å². The lowest BCUT2D eigenvalue weighted by Crippen LogP contribution is -2.51. The zero-order chi connectivity index (χ0) is 26.7. The predicted octanol–water partition coefficient (Wildman–Crippen LogP) is 5.26. The zero-order valence-electron chi connectivity index (χ0n) is 22.0. The van der Waals surface area contributed by atoms with Crippen LogP contribution in [0.2, 0.25) is 0 Å². The normalized spacial score (nSPS) is 29.6. The summed E-state index contributed by atoms with van der Waals surface area (Å²) < 4.78 is 11.4. The molecule has 0 spiro atoms. The molecule has 198 valence electrons. The Bertz CT molecular complexity index is 928. The van der Waals surface area contributed by atoms with Crippen LogP contribution in [-0.4, -0.2) is 52.7 Å². The van der Waals surface area contributed by atoms with Crippen molar-refractivity contribution in [3.05, 3.63) is 71.9 Å². The van der Waals surface area contributed by atoms with Gasteiger partial charge in [-0.05, 0) is 39.2 Å². The third-order valence-corrected chi connectivity index (χ3v) is 6.36. The van der Waals surface area contributed by atoms with E-state index in [1.54, 1.807) is 6.08 Å². The molecule has 0 aliphatic carbocycles. The summed E-state index contributed by atoms with van der Waals surface area (Å²) in [6.07, 6.45) is 18.0. The molecule has 36 heavy (non-hydrogen) atoms. The SMILES string of the molecule is C/C=C/[C@@H]1O[C@H]([C@H](/C=C/C=C(\C)C[C@@H](C)/C=C(C)\C=C\[C@H]2CC=CC(=O)O2)NC(=O)O)C[C@@H](O)[C@@H]1C. The number of allylic oxidation sites excluding steroid dienone is 7. The average Bonchev–Trinajstić information content (AvgIpc) is 2.79. The van der Waals surface area contributed by atoms with E-state index in [1.165, 1.54) is 6.08 Å². The summed E-state index contributed by atoms with van der Waals surface area (Å²) >= 11 is 0. The second kappa shape index (κ2) is 14.6. The van der Waals surface area contributed by atoms with Crippen LogP contribution in [0.4, 0.5) is 4.79 Å². The fraction of sp³-hybridized carbons (Fsp3) is 0.517. The van der Waals surface area contributed by atoms with E-state index in [0.717, 1.165) is 17.6 Å². The number of carbonyl (C=O) groups excluding carboxylic acids is 1. The van der Waals surface area contributed by atoms with Crippen molar-refractivity contribution >= 4 is 12.1 Å². The minimum Gasteiger partial charge on any atom is -0.465 e. The van der Waals surface area contributed by atoms with Crippen molar-refractivity contribution in [2.75, 3.05) is 0 Å². The molecule has 2 heterocycles. The molecule has 1 fully saturated rings. The minimum atomic E-state index is -1.13. The molecule has 2 aliphatic rings. The average molecular weight is 500 g/mol. The number of carboxylic acid groups (broad SMARTS) is 1. The molecule has 2 aliphatic heterocycles. The fourth-order valence-corrected chi connectivity index (χ4v) is 4.49. The summed E-state index contributed by atoms with van der Waals surface area (Å²) in [5.41, 5.74) is 2.25. The number of nitrogens with one attached hydrogen (secondary N) is 1. The second-order valence-electron chi connectivity index (χ2n) is 9.76. The van der Waals surface area contributed by atoms with E-state index in [-0.39, 0.29) is 24.1 Å². The maximum absolute atomic E-state index is 11.4. The smallest absolute Gasteiger partial charge is 0.405 e. The van der Waals surface area contributed by atoms with Crippen LogP contribution in [0.5, 0.6) is 0 Å². The van der Waals surface area contributed by atoms with Crippen molar-refractivity contribution in [1.82, 2.24) is 5.32 Å². The van der Waals surface area contributed by atoms with E-state index in [0.29, 0.717) is 18.8 Å². The molecule has 1 amide bonds. The number of aliphatic hydroxyl groups is 1. The van der Waals surface area contributed by atoms with Gasteiger partial charge in [-0.1, -0.05) is 73.6 Å². The summed E-state index contributed by atoms with van der Waals surface area (Å²) in [5, 5.41) is 22.3. The van der Waals surface area contributed by atoms with Gasteiger partial charge >= 0.3 is 12.1 Å². The van der Waals surface area contributed by atoms with Crippen LogP contribution in [0.1, 0.15) is 53.9 Å². The number of carbonyl (C=O) groups is 2. The first-order chi connectivity index (χ1) is 17.1. The van der Waals surface area contributed by atoms with Gasteiger partial charge in [0.1, 0.15) is 6.10 Å². The first-order valence-corrected chi connectivity index (χ1v) is 12.6. The van der Waals surface area contributed by atoms with E-state index in [2.05, 4.69) is 18.3 Å². The Labute approximate surface area is 214 Å². The maximum atomic E-state index is 11.4. The highest BCUT2D eigenvalue weighted by Crippen LogP contribution is 2.28. The topological polar surface area (TPSA) is 105 Å². The van der Waals surface area contributed by atoms with Crippen molar-refractivity contribution in [3.8, 4) is 0 Å². The largest absolute Gasteiger partial charge is 0.465 e. The van der Waals surface area contributed by atoms with Crippen LogP contribution < -0.4 is 5.32 Å². The Hall–Kier alpha value is -2.90. The lowest BCUT2D eigenvalue weighted by molar-refractivity contribution is -0.141. The molecular formula is C29H41NO6. The summed E-state index contributed by atoms with van der Waals surface area (Å²) in [7, 11) is 0. The lowest BCUT2D eigenvalue weighted by atomic mass is 9.87. The number of esters is 1. The van der Waals surface area contributed by atoms with E-state index >= 15 is 0 Å². The van der Waals surface area contributed by atoms with Crippen molar-refractivity contribution < 1.29 is 29.3 Å². The summed E-state index contributed by atoms with van der Waals surface area (Å²) in [6, 6.07) is -0.574. The minimum absolute atomic E-state index is 0.0589. The van der Waals surface area contributed by atoms with Gasteiger partial charge in [-0.15, -0.1) is 0 Å². The van der Waals surface area contributed by atoms with E-state index < -0.39 is 24.3 Å². The number of aliphatic hydroxyl groups excluding tert-OH is 1. The first-order valence-electron chi connectivity index (χ1n) is 12.6. The molecule has 7 heteroatoms. The van der Waals surface area contributed by atoms with Gasteiger partial charge in [-0.2, -0.15) is 0 Å². The molecule has 1 saturated heterocycles. The van der Waals surface area contributed by atoms with Gasteiger partial charge in [0, 0.05) is 24.8 Å². The Balaban J connectivity index is 1.98. The van der Waals surface area contributed by atoms with Crippen LogP contribution in [0.3, 0.4) is 0 Å². The monoisotopic (exact) mass is 499 g/mol. The van der Waals surface area contributed by atoms with Crippen molar-refractivity contribution in [1.29, 1.82) is 0 Å². The standard InChI is InChI=1S/C29H41NO6/c1-6-9-26-22(5)25(31)18-27(36-26)24(30-29(33)34)12-7-10-19(2)16-21(4)17-20(3)14-15-23-11-8-13-28(32)35-23/h6-10,12-15,17,21-27,30-31H,11,16,18H2,1-5H3,(H,33,34)/b9-6+,12-7+,15-14+,19-10+,20-17-/t21-,22+,23-,24+,25-,26+,27+/m1/s1. The molecule has 0 saturated carbocycles. The van der Waals surface area contributed by atoms with Crippen LogP contribution in [0.25, 0.3) is 0 Å². The molecule has 0 aromatic carbocycles. The Kier molecular flexibility index (Phi) is 11.9. The van der Waals surface area contributed by atoms with Gasteiger partial charge in [0.15, 0.2) is 0 Å². The van der Waals surface area contributed by atoms with Gasteiger partial charge in [0.05, 0.1) is 24.4 Å². The predicted molar refractivity (Wildman–Crippen MR) is 141 cm³/mol. The molecule has 7 atom stereocenters. The molecule has 0 aromatic heterocycles. The highest BCUT2D eigenvalue weighted by atomic mass is 16.5. The van der Waals surface area contributed by atoms with Crippen LogP contribution >= 0.6 is 0 Å². The summed E-state index contributed by atoms with van der Waals surface area (Å²) in [5.74, 6) is -0.0729. The Morgan fingerprint density at radius 2 is 2.06 bits per heavy atom. The van der Waals surface area contributed by atoms with E-state index in [4.69, 9.17) is 9.47 Å². The number of ether oxygens (including phenoxy) is 2. The van der Waals surface area contributed by atoms with Gasteiger partial charge in [0.25, 0.3) is 0 Å². The number of rotatable bonds is 10. The molecule has 3 N–H and O–H groups in total. The zero-order valence-corrected chi connectivity index (χ0v) is 22.0. The van der Waals surface area contributed by atoms with Gasteiger partial charge in [-0.3, -0.25) is 0 Å². The molecule has 0 aromatic rings. The summed E-state index contributed by atoms with van der Waals surface area (Å²) in [4.78, 5) is 22.7. The third-order valence-electron chi connectivity index (χ3n) is 6.36. The van der Waals surface area contributed by atoms with E-state index in [9.17, 15) is 19.8 Å². The first kappa shape index (κ1) is 29.3. The Morgan fingerprint density at radius 1 is 1.31 bits per heavy atom. The lowest BCUT2D eigenvalue weighted by Gasteiger charge is -2.39. The number of amides is 1. The molecule has 7 nitrogen and oxygen atoms in total. The highest BCUT2D eigenvalue weighted by molar-refractivity contribution is 5.82. The molecule has 0 unspecified atom stereocenters. The molecule has 0 radical (unpaired) electrons. The third kappa shape index (κ3) is 9.99. The number of hydrogen-bond acceptors (Lipinski definition) is 5. The van der Waals surface area contributed by atoms with Crippen molar-refractivity contribution in [2.24, 2.45) is 11.8 Å². The van der Waals surface area contributed by atoms with Crippen LogP contribution in [0.15, 0.2) is 71.9 Å². The Morgan fingerprint density at radius 3 is 2.72 bits per heavy atom. The molecular weight excluding hydrogens is 458 g/mol. The molecule has 0 bridgehead atoms. The quantitative estimate of drug-likeness (QED) is 0.215. The molecule has 2 rings (SSSR count). The van der Waals surface area contributed by atoms with Gasteiger partial charge in [0.2, 0.25) is 0 Å². The van der Waals surface area contributed by atoms with Gasteiger partial charge in [-0.25, -0.2) is 9.59 Å². The maximum Gasteiger partial charge on any atom is 0.405 e. The van der Waals surface area contributed by atoms with E-state index in [1.807, 2.05) is 70.2 Å².